The molecule has 0 aliphatic heterocycles. The molecule has 1 aromatic carbocycles. The van der Waals surface area contributed by atoms with Gasteiger partial charge in [0.2, 0.25) is 0 Å². The molecule has 0 N–H and O–H groups in total. The van der Waals surface area contributed by atoms with Crippen LogP contribution >= 0.6 is 0 Å². The van der Waals surface area contributed by atoms with Crippen molar-refractivity contribution in [2.24, 2.45) is 7.05 Å². The Bertz CT molecular complexity index is 864. The van der Waals surface area contributed by atoms with E-state index < -0.39 is 0 Å². The summed E-state index contributed by atoms with van der Waals surface area (Å²) in [5, 5.41) is 1.03. The Labute approximate surface area is 135 Å². The minimum absolute atomic E-state index is 0.0365. The molecule has 0 aliphatic carbocycles. The lowest BCUT2D eigenvalue weighted by Gasteiger charge is -2.11. The fourth-order valence-corrected chi connectivity index (χ4v) is 2.73. The van der Waals surface area contributed by atoms with Crippen LogP contribution in [0, 0.1) is 0 Å². The number of ether oxygens (including phenoxy) is 1. The van der Waals surface area contributed by atoms with Crippen molar-refractivity contribution in [1.29, 1.82) is 0 Å². The maximum absolute atomic E-state index is 12.7. The van der Waals surface area contributed by atoms with E-state index >= 15 is 0 Å². The molecule has 5 heteroatoms. The fraction of sp³-hybridized carbons (Fsp3) is 0.333. The molecule has 3 rings (SSSR count). The van der Waals surface area contributed by atoms with Gasteiger partial charge < -0.3 is 13.9 Å². The highest BCUT2D eigenvalue weighted by Crippen LogP contribution is 2.19. The van der Waals surface area contributed by atoms with Gasteiger partial charge in [0.1, 0.15) is 5.82 Å². The van der Waals surface area contributed by atoms with E-state index in [1.807, 2.05) is 41.1 Å². The van der Waals surface area contributed by atoms with Gasteiger partial charge in [-0.3, -0.25) is 4.79 Å². The molecule has 0 aliphatic rings. The van der Waals surface area contributed by atoms with Crippen LogP contribution in [-0.2, 0) is 18.3 Å². The molecular formula is C18H21N3O2. The highest BCUT2D eigenvalue weighted by Gasteiger charge is 2.13. The number of imidazole rings is 1. The maximum atomic E-state index is 12.7. The van der Waals surface area contributed by atoms with Crippen LogP contribution in [0.15, 0.2) is 47.5 Å². The predicted molar refractivity (Wildman–Crippen MR) is 91.5 cm³/mol. The van der Waals surface area contributed by atoms with E-state index in [2.05, 4.69) is 11.9 Å². The lowest BCUT2D eigenvalue weighted by molar-refractivity contribution is 0.127. The van der Waals surface area contributed by atoms with E-state index in [1.54, 1.807) is 17.8 Å². The van der Waals surface area contributed by atoms with Crippen LogP contribution in [0.5, 0.6) is 0 Å². The van der Waals surface area contributed by atoms with Crippen LogP contribution in [0.25, 0.3) is 22.3 Å². The molecule has 3 aromatic rings. The topological polar surface area (TPSA) is 49.0 Å². The first-order valence-corrected chi connectivity index (χ1v) is 7.90. The zero-order valence-corrected chi connectivity index (χ0v) is 13.5. The van der Waals surface area contributed by atoms with E-state index in [4.69, 9.17) is 4.74 Å². The lowest BCUT2D eigenvalue weighted by Crippen LogP contribution is -2.20. The Morgan fingerprint density at radius 2 is 2.04 bits per heavy atom. The number of fused-ring (bicyclic) bond motifs is 1. The zero-order chi connectivity index (χ0) is 16.2. The molecule has 0 spiro atoms. The summed E-state index contributed by atoms with van der Waals surface area (Å²) in [5.74, 6) is 0.691. The largest absolute Gasteiger partial charge is 0.380 e. The molecule has 0 fully saturated rings. The minimum atomic E-state index is -0.0365. The third-order valence-electron chi connectivity index (χ3n) is 3.91. The molecule has 0 radical (unpaired) electrons. The highest BCUT2D eigenvalue weighted by molar-refractivity contribution is 5.83. The van der Waals surface area contributed by atoms with Crippen LogP contribution < -0.4 is 5.56 Å². The van der Waals surface area contributed by atoms with Crippen molar-refractivity contribution >= 4 is 10.9 Å². The second-order valence-electron chi connectivity index (χ2n) is 5.54. The molecule has 0 unspecified atom stereocenters. The van der Waals surface area contributed by atoms with Crippen molar-refractivity contribution in [3.63, 3.8) is 0 Å². The number of aryl methyl sites for hydroxylation is 1. The number of pyridine rings is 1. The first-order valence-electron chi connectivity index (χ1n) is 7.90. The fourth-order valence-electron chi connectivity index (χ4n) is 2.73. The van der Waals surface area contributed by atoms with Crippen LogP contribution in [-0.4, -0.2) is 27.3 Å². The van der Waals surface area contributed by atoms with Crippen molar-refractivity contribution in [2.45, 2.75) is 19.9 Å². The number of aromatic nitrogens is 3. The van der Waals surface area contributed by atoms with Gasteiger partial charge in [0.25, 0.3) is 5.56 Å². The van der Waals surface area contributed by atoms with Crippen molar-refractivity contribution in [2.75, 3.05) is 13.2 Å². The number of rotatable bonds is 6. The maximum Gasteiger partial charge on any atom is 0.261 e. The number of nitrogens with zero attached hydrogens (tertiary/aromatic N) is 3. The zero-order valence-electron chi connectivity index (χ0n) is 13.5. The molecule has 0 atom stereocenters. The second kappa shape index (κ2) is 6.79. The van der Waals surface area contributed by atoms with Gasteiger partial charge >= 0.3 is 0 Å². The Morgan fingerprint density at radius 3 is 2.87 bits per heavy atom. The van der Waals surface area contributed by atoms with Gasteiger partial charge in [-0.15, -0.1) is 0 Å². The smallest absolute Gasteiger partial charge is 0.261 e. The molecule has 0 saturated carbocycles. The van der Waals surface area contributed by atoms with E-state index in [0.717, 1.165) is 23.9 Å². The summed E-state index contributed by atoms with van der Waals surface area (Å²) in [4.78, 5) is 17.1. The summed E-state index contributed by atoms with van der Waals surface area (Å²) < 4.78 is 9.19. The van der Waals surface area contributed by atoms with Crippen LogP contribution in [0.4, 0.5) is 0 Å². The molecule has 120 valence electrons. The van der Waals surface area contributed by atoms with Gasteiger partial charge in [-0.1, -0.05) is 25.1 Å². The molecule has 0 bridgehead atoms. The van der Waals surface area contributed by atoms with Crippen LogP contribution in [0.3, 0.4) is 0 Å². The van der Waals surface area contributed by atoms with Crippen molar-refractivity contribution in [3.8, 4) is 11.4 Å². The summed E-state index contributed by atoms with van der Waals surface area (Å²) in [5.41, 5.74) is 1.50. The van der Waals surface area contributed by atoms with Crippen LogP contribution in [0.1, 0.15) is 13.3 Å². The van der Waals surface area contributed by atoms with Crippen molar-refractivity contribution in [1.82, 2.24) is 14.1 Å². The number of hydrogen-bond acceptors (Lipinski definition) is 3. The quantitative estimate of drug-likeness (QED) is 0.658. The lowest BCUT2D eigenvalue weighted by atomic mass is 10.1. The molecule has 5 nitrogen and oxygen atoms in total. The Balaban J connectivity index is 1.99. The molecule has 0 saturated heterocycles. The van der Waals surface area contributed by atoms with Gasteiger partial charge in [0.15, 0.2) is 0 Å². The van der Waals surface area contributed by atoms with Gasteiger partial charge in [-0.25, -0.2) is 4.98 Å². The minimum Gasteiger partial charge on any atom is -0.380 e. The Kier molecular flexibility index (Phi) is 4.57. The third-order valence-corrected chi connectivity index (χ3v) is 3.91. The molecular weight excluding hydrogens is 290 g/mol. The van der Waals surface area contributed by atoms with E-state index in [-0.39, 0.29) is 5.56 Å². The monoisotopic (exact) mass is 311 g/mol. The Morgan fingerprint density at radius 1 is 1.22 bits per heavy atom. The SMILES string of the molecule is CCCOCCn1ccnc1-c1cc2ccccc2n(C)c1=O. The number of hydrogen-bond donors (Lipinski definition) is 0. The normalized spacial score (nSPS) is 11.2. The Hall–Kier alpha value is -2.40. The highest BCUT2D eigenvalue weighted by atomic mass is 16.5. The summed E-state index contributed by atoms with van der Waals surface area (Å²) in [6, 6.07) is 9.79. The second-order valence-corrected chi connectivity index (χ2v) is 5.54. The van der Waals surface area contributed by atoms with E-state index in [0.29, 0.717) is 24.5 Å². The van der Waals surface area contributed by atoms with Gasteiger partial charge in [-0.2, -0.15) is 0 Å². The molecule has 2 aromatic heterocycles. The van der Waals surface area contributed by atoms with E-state index in [1.165, 1.54) is 0 Å². The summed E-state index contributed by atoms with van der Waals surface area (Å²) in [7, 11) is 1.80. The summed E-state index contributed by atoms with van der Waals surface area (Å²) in [6.45, 7) is 4.14. The molecule has 2 heterocycles. The molecule has 23 heavy (non-hydrogen) atoms. The third kappa shape index (κ3) is 3.05. The number of para-hydroxylation sites is 1. The first-order chi connectivity index (χ1) is 11.2. The van der Waals surface area contributed by atoms with Gasteiger partial charge in [0, 0.05) is 32.6 Å². The van der Waals surface area contributed by atoms with E-state index in [9.17, 15) is 4.79 Å². The average Bonchev–Trinajstić information content (AvgIpc) is 3.03. The van der Waals surface area contributed by atoms with Crippen molar-refractivity contribution in [3.05, 3.63) is 53.1 Å². The first kappa shape index (κ1) is 15.5. The van der Waals surface area contributed by atoms with Gasteiger partial charge in [-0.05, 0) is 23.9 Å². The average molecular weight is 311 g/mol. The van der Waals surface area contributed by atoms with Crippen LogP contribution in [0.2, 0.25) is 0 Å². The predicted octanol–water partition coefficient (Wildman–Crippen LogP) is 2.83. The summed E-state index contributed by atoms with van der Waals surface area (Å²) >= 11 is 0. The van der Waals surface area contributed by atoms with Gasteiger partial charge in [0.05, 0.1) is 17.7 Å². The standard InChI is InChI=1S/C18H21N3O2/c1-3-11-23-12-10-21-9-8-19-17(21)15-13-14-6-4-5-7-16(14)20(2)18(15)22/h4-9,13H,3,10-12H2,1-2H3. The van der Waals surface area contributed by atoms with Crippen molar-refractivity contribution < 1.29 is 4.74 Å². The molecule has 0 amide bonds. The number of benzene rings is 1. The summed E-state index contributed by atoms with van der Waals surface area (Å²) in [6.07, 6.45) is 4.62.